The van der Waals surface area contributed by atoms with Crippen LogP contribution in [0.1, 0.15) is 5.56 Å². The topological polar surface area (TPSA) is 43.8 Å². The number of rotatable bonds is 3. The van der Waals surface area contributed by atoms with Gasteiger partial charge in [-0.25, -0.2) is 9.07 Å². The summed E-state index contributed by atoms with van der Waals surface area (Å²) in [6.07, 6.45) is 3.68. The van der Waals surface area contributed by atoms with Crippen molar-refractivity contribution >= 4 is 0 Å². The Bertz CT molecular complexity index is 720. The standard InChI is InChI=1S/C16H14FN3/c17-16-7-6-12(8-13(16)9-18)14-10-19-20(11-14)15-4-2-1-3-5-15/h1-8,10-11H,9,18H2. The first kappa shape index (κ1) is 12.6. The molecule has 3 aromatic rings. The van der Waals surface area contributed by atoms with E-state index in [9.17, 15) is 4.39 Å². The normalized spacial score (nSPS) is 10.7. The summed E-state index contributed by atoms with van der Waals surface area (Å²) in [5, 5.41) is 4.33. The molecule has 1 heterocycles. The summed E-state index contributed by atoms with van der Waals surface area (Å²) in [6.45, 7) is 0.187. The van der Waals surface area contributed by atoms with E-state index in [2.05, 4.69) is 5.10 Å². The lowest BCUT2D eigenvalue weighted by atomic mass is 10.1. The Morgan fingerprint density at radius 2 is 1.85 bits per heavy atom. The third kappa shape index (κ3) is 2.33. The summed E-state index contributed by atoms with van der Waals surface area (Å²) in [5.74, 6) is -0.272. The fraction of sp³-hybridized carbons (Fsp3) is 0.0625. The molecule has 2 N–H and O–H groups in total. The predicted molar refractivity (Wildman–Crippen MR) is 76.8 cm³/mol. The van der Waals surface area contributed by atoms with Crippen molar-refractivity contribution in [3.8, 4) is 16.8 Å². The van der Waals surface area contributed by atoms with E-state index in [1.54, 1.807) is 23.0 Å². The van der Waals surface area contributed by atoms with E-state index in [0.717, 1.165) is 16.8 Å². The van der Waals surface area contributed by atoms with Gasteiger partial charge in [-0.15, -0.1) is 0 Å². The van der Waals surface area contributed by atoms with Gasteiger partial charge in [-0.1, -0.05) is 24.3 Å². The number of halogens is 1. The summed E-state index contributed by atoms with van der Waals surface area (Å²) >= 11 is 0. The predicted octanol–water partition coefficient (Wildman–Crippen LogP) is 3.14. The first-order valence-electron chi connectivity index (χ1n) is 6.37. The van der Waals surface area contributed by atoms with Crippen LogP contribution in [0.25, 0.3) is 16.8 Å². The Morgan fingerprint density at radius 1 is 1.05 bits per heavy atom. The number of aromatic nitrogens is 2. The highest BCUT2D eigenvalue weighted by Gasteiger charge is 2.06. The Balaban J connectivity index is 1.98. The van der Waals surface area contributed by atoms with Crippen molar-refractivity contribution in [2.24, 2.45) is 5.73 Å². The zero-order valence-corrected chi connectivity index (χ0v) is 10.8. The number of benzene rings is 2. The molecular formula is C16H14FN3. The van der Waals surface area contributed by atoms with Crippen LogP contribution in [0.4, 0.5) is 4.39 Å². The molecule has 0 amide bonds. The van der Waals surface area contributed by atoms with Gasteiger partial charge in [-0.3, -0.25) is 0 Å². The first-order valence-corrected chi connectivity index (χ1v) is 6.37. The molecule has 0 radical (unpaired) electrons. The lowest BCUT2D eigenvalue weighted by molar-refractivity contribution is 0.611. The van der Waals surface area contributed by atoms with Gasteiger partial charge in [0.05, 0.1) is 11.9 Å². The summed E-state index contributed by atoms with van der Waals surface area (Å²) in [4.78, 5) is 0. The summed E-state index contributed by atoms with van der Waals surface area (Å²) in [5.41, 5.74) is 8.87. The van der Waals surface area contributed by atoms with Crippen molar-refractivity contribution in [1.82, 2.24) is 9.78 Å². The van der Waals surface area contributed by atoms with E-state index in [0.29, 0.717) is 5.56 Å². The Kier molecular flexibility index (Phi) is 3.31. The molecule has 0 aliphatic heterocycles. The molecule has 0 saturated heterocycles. The van der Waals surface area contributed by atoms with E-state index in [4.69, 9.17) is 5.73 Å². The molecule has 0 unspecified atom stereocenters. The SMILES string of the molecule is NCc1cc(-c2cnn(-c3ccccc3)c2)ccc1F. The van der Waals surface area contributed by atoms with Crippen LogP contribution in [-0.2, 0) is 6.54 Å². The lowest BCUT2D eigenvalue weighted by Crippen LogP contribution is -1.99. The molecule has 0 saturated carbocycles. The lowest BCUT2D eigenvalue weighted by Gasteiger charge is -2.03. The maximum absolute atomic E-state index is 13.5. The number of hydrogen-bond acceptors (Lipinski definition) is 2. The third-order valence-electron chi connectivity index (χ3n) is 3.20. The number of hydrogen-bond donors (Lipinski definition) is 1. The molecule has 20 heavy (non-hydrogen) atoms. The molecule has 1 aromatic heterocycles. The van der Waals surface area contributed by atoms with Crippen LogP contribution in [0.15, 0.2) is 60.9 Å². The molecule has 3 nitrogen and oxygen atoms in total. The summed E-state index contributed by atoms with van der Waals surface area (Å²) in [7, 11) is 0. The molecular weight excluding hydrogens is 253 g/mol. The van der Waals surface area contributed by atoms with Crippen molar-refractivity contribution in [1.29, 1.82) is 0 Å². The Hall–Kier alpha value is -2.46. The van der Waals surface area contributed by atoms with Crippen molar-refractivity contribution in [3.63, 3.8) is 0 Å². The average Bonchev–Trinajstić information content (AvgIpc) is 2.98. The van der Waals surface area contributed by atoms with Crippen LogP contribution >= 0.6 is 0 Å². The molecule has 4 heteroatoms. The van der Waals surface area contributed by atoms with E-state index in [-0.39, 0.29) is 12.4 Å². The van der Waals surface area contributed by atoms with Crippen LogP contribution in [0, 0.1) is 5.82 Å². The van der Waals surface area contributed by atoms with Crippen LogP contribution < -0.4 is 5.73 Å². The zero-order valence-electron chi connectivity index (χ0n) is 10.8. The zero-order chi connectivity index (χ0) is 13.9. The van der Waals surface area contributed by atoms with Crippen LogP contribution in [0.3, 0.4) is 0 Å². The summed E-state index contributed by atoms with van der Waals surface area (Å²) in [6, 6.07) is 14.8. The second kappa shape index (κ2) is 5.27. The van der Waals surface area contributed by atoms with Crippen LogP contribution in [0.5, 0.6) is 0 Å². The highest BCUT2D eigenvalue weighted by atomic mass is 19.1. The monoisotopic (exact) mass is 267 g/mol. The molecule has 0 atom stereocenters. The van der Waals surface area contributed by atoms with Crippen molar-refractivity contribution < 1.29 is 4.39 Å². The molecule has 3 rings (SSSR count). The highest BCUT2D eigenvalue weighted by molar-refractivity contribution is 5.63. The number of nitrogens with two attached hydrogens (primary N) is 1. The molecule has 0 bridgehead atoms. The maximum Gasteiger partial charge on any atom is 0.127 e. The van der Waals surface area contributed by atoms with Gasteiger partial charge >= 0.3 is 0 Å². The summed E-state index contributed by atoms with van der Waals surface area (Å²) < 4.78 is 15.2. The molecule has 0 fully saturated rings. The van der Waals surface area contributed by atoms with Crippen LogP contribution in [0.2, 0.25) is 0 Å². The van der Waals surface area contributed by atoms with Gasteiger partial charge in [0.25, 0.3) is 0 Å². The minimum Gasteiger partial charge on any atom is -0.326 e. The second-order valence-corrected chi connectivity index (χ2v) is 4.52. The average molecular weight is 267 g/mol. The first-order chi connectivity index (χ1) is 9.78. The van der Waals surface area contributed by atoms with E-state index < -0.39 is 0 Å². The number of nitrogens with zero attached hydrogens (tertiary/aromatic N) is 2. The minimum absolute atomic E-state index is 0.187. The molecule has 0 aliphatic rings. The van der Waals surface area contributed by atoms with Gasteiger partial charge < -0.3 is 5.73 Å². The molecule has 100 valence electrons. The van der Waals surface area contributed by atoms with E-state index >= 15 is 0 Å². The fourth-order valence-electron chi connectivity index (χ4n) is 2.10. The Labute approximate surface area is 116 Å². The minimum atomic E-state index is -0.272. The van der Waals surface area contributed by atoms with E-state index in [1.165, 1.54) is 6.07 Å². The van der Waals surface area contributed by atoms with Gasteiger partial charge in [0.15, 0.2) is 0 Å². The molecule has 2 aromatic carbocycles. The van der Waals surface area contributed by atoms with Gasteiger partial charge in [0, 0.05) is 23.9 Å². The molecule has 0 spiro atoms. The maximum atomic E-state index is 13.5. The largest absolute Gasteiger partial charge is 0.326 e. The van der Waals surface area contributed by atoms with Crippen molar-refractivity contribution in [2.45, 2.75) is 6.54 Å². The quantitative estimate of drug-likeness (QED) is 0.792. The second-order valence-electron chi connectivity index (χ2n) is 4.52. The van der Waals surface area contributed by atoms with Gasteiger partial charge in [-0.05, 0) is 29.8 Å². The highest BCUT2D eigenvalue weighted by Crippen LogP contribution is 2.22. The smallest absolute Gasteiger partial charge is 0.127 e. The van der Waals surface area contributed by atoms with E-state index in [1.807, 2.05) is 36.5 Å². The van der Waals surface area contributed by atoms with Gasteiger partial charge in [0.1, 0.15) is 5.82 Å². The fourth-order valence-corrected chi connectivity index (χ4v) is 2.10. The van der Waals surface area contributed by atoms with Crippen molar-refractivity contribution in [2.75, 3.05) is 0 Å². The van der Waals surface area contributed by atoms with Gasteiger partial charge in [0.2, 0.25) is 0 Å². The van der Waals surface area contributed by atoms with Gasteiger partial charge in [-0.2, -0.15) is 5.10 Å². The van der Waals surface area contributed by atoms with Crippen molar-refractivity contribution in [3.05, 3.63) is 72.3 Å². The number of para-hydroxylation sites is 1. The Morgan fingerprint density at radius 3 is 2.60 bits per heavy atom. The van der Waals surface area contributed by atoms with Crippen LogP contribution in [-0.4, -0.2) is 9.78 Å². The third-order valence-corrected chi connectivity index (χ3v) is 3.20. The molecule has 0 aliphatic carbocycles.